The van der Waals surface area contributed by atoms with Crippen LogP contribution in [-0.2, 0) is 6.42 Å². The van der Waals surface area contributed by atoms with Gasteiger partial charge in [-0.15, -0.1) is 0 Å². The molecule has 4 nitrogen and oxygen atoms in total. The van der Waals surface area contributed by atoms with Crippen molar-refractivity contribution in [1.29, 1.82) is 5.26 Å². The average molecular weight is 220 g/mol. The molecule has 1 rings (SSSR count). The number of hydrogen-bond acceptors (Lipinski definition) is 4. The summed E-state index contributed by atoms with van der Waals surface area (Å²) in [7, 11) is 1.57. The van der Waals surface area contributed by atoms with E-state index in [9.17, 15) is 0 Å². The highest BCUT2D eigenvalue weighted by atomic mass is 16.5. The molecule has 1 aromatic rings. The van der Waals surface area contributed by atoms with E-state index in [1.165, 1.54) is 0 Å². The Bertz CT molecular complexity index is 385. The second-order valence-corrected chi connectivity index (χ2v) is 3.41. The number of ether oxygens (including phenoxy) is 2. The fourth-order valence-electron chi connectivity index (χ4n) is 1.35. The van der Waals surface area contributed by atoms with Crippen molar-refractivity contribution in [3.05, 3.63) is 23.8 Å². The number of nitriles is 1. The number of nitrogens with zero attached hydrogens (tertiary/aromatic N) is 1. The normalized spacial score (nSPS) is 11.6. The Morgan fingerprint density at radius 1 is 1.44 bits per heavy atom. The Kier molecular flexibility index (Phi) is 4.62. The highest BCUT2D eigenvalue weighted by Crippen LogP contribution is 2.28. The molecule has 0 aliphatic heterocycles. The van der Waals surface area contributed by atoms with Crippen LogP contribution in [0.25, 0.3) is 0 Å². The predicted octanol–water partition coefficient (Wildman–Crippen LogP) is 1.49. The number of hydrogen-bond donors (Lipinski definition) is 1. The molecule has 0 amide bonds. The summed E-state index contributed by atoms with van der Waals surface area (Å²) >= 11 is 0. The number of benzene rings is 1. The van der Waals surface area contributed by atoms with Crippen LogP contribution in [-0.4, -0.2) is 19.8 Å². The molecule has 1 atom stereocenters. The van der Waals surface area contributed by atoms with E-state index in [1.54, 1.807) is 14.0 Å². The van der Waals surface area contributed by atoms with Gasteiger partial charge in [-0.2, -0.15) is 5.26 Å². The van der Waals surface area contributed by atoms with Gasteiger partial charge in [0.25, 0.3) is 0 Å². The van der Waals surface area contributed by atoms with E-state index in [-0.39, 0.29) is 0 Å². The molecule has 0 aliphatic rings. The molecule has 16 heavy (non-hydrogen) atoms. The maximum absolute atomic E-state index is 8.70. The van der Waals surface area contributed by atoms with Crippen LogP contribution >= 0.6 is 0 Å². The van der Waals surface area contributed by atoms with Gasteiger partial charge in [0, 0.05) is 0 Å². The summed E-state index contributed by atoms with van der Waals surface area (Å²) in [5.74, 6) is 1.21. The van der Waals surface area contributed by atoms with Crippen LogP contribution in [0.2, 0.25) is 0 Å². The van der Waals surface area contributed by atoms with Gasteiger partial charge in [-0.1, -0.05) is 6.07 Å². The summed E-state index contributed by atoms with van der Waals surface area (Å²) in [5.41, 5.74) is 6.56. The van der Waals surface area contributed by atoms with Crippen LogP contribution in [0, 0.1) is 11.3 Å². The first-order chi connectivity index (χ1) is 7.71. The summed E-state index contributed by atoms with van der Waals surface area (Å²) in [6, 6.07) is 7.64. The molecule has 0 bridgehead atoms. The molecule has 0 saturated carbocycles. The van der Waals surface area contributed by atoms with Crippen LogP contribution in [0.3, 0.4) is 0 Å². The van der Waals surface area contributed by atoms with E-state index in [1.807, 2.05) is 24.3 Å². The van der Waals surface area contributed by atoms with E-state index >= 15 is 0 Å². The Labute approximate surface area is 95.6 Å². The SMILES string of the molecule is COc1ccc(CCN)cc1OC(C)C#N. The van der Waals surface area contributed by atoms with Crippen molar-refractivity contribution in [3.63, 3.8) is 0 Å². The maximum Gasteiger partial charge on any atom is 0.181 e. The minimum Gasteiger partial charge on any atom is -0.493 e. The first-order valence-corrected chi connectivity index (χ1v) is 5.14. The molecular formula is C12H16N2O2. The molecule has 0 aromatic heterocycles. The maximum atomic E-state index is 8.70. The number of nitrogens with two attached hydrogens (primary N) is 1. The molecule has 0 radical (unpaired) electrons. The Balaban J connectivity index is 2.93. The third-order valence-electron chi connectivity index (χ3n) is 2.15. The lowest BCUT2D eigenvalue weighted by Gasteiger charge is -2.13. The van der Waals surface area contributed by atoms with Gasteiger partial charge >= 0.3 is 0 Å². The van der Waals surface area contributed by atoms with E-state index in [0.29, 0.717) is 18.0 Å². The molecule has 1 unspecified atom stereocenters. The Morgan fingerprint density at radius 3 is 2.75 bits per heavy atom. The smallest absolute Gasteiger partial charge is 0.181 e. The second-order valence-electron chi connectivity index (χ2n) is 3.41. The zero-order valence-corrected chi connectivity index (χ0v) is 9.56. The van der Waals surface area contributed by atoms with Crippen molar-refractivity contribution < 1.29 is 9.47 Å². The lowest BCUT2D eigenvalue weighted by Crippen LogP contribution is -2.10. The zero-order chi connectivity index (χ0) is 12.0. The fourth-order valence-corrected chi connectivity index (χ4v) is 1.35. The van der Waals surface area contributed by atoms with Crippen molar-refractivity contribution in [2.75, 3.05) is 13.7 Å². The molecule has 2 N–H and O–H groups in total. The van der Waals surface area contributed by atoms with Crippen molar-refractivity contribution in [2.24, 2.45) is 5.73 Å². The topological polar surface area (TPSA) is 68.3 Å². The molecule has 0 heterocycles. The van der Waals surface area contributed by atoms with Gasteiger partial charge in [0.15, 0.2) is 17.6 Å². The lowest BCUT2D eigenvalue weighted by atomic mass is 10.1. The van der Waals surface area contributed by atoms with Gasteiger partial charge in [-0.3, -0.25) is 0 Å². The summed E-state index contributed by atoms with van der Waals surface area (Å²) in [6.07, 6.45) is 0.281. The standard InChI is InChI=1S/C12H16N2O2/c1-9(8-14)16-12-7-10(5-6-13)3-4-11(12)15-2/h3-4,7,9H,5-6,13H2,1-2H3. The van der Waals surface area contributed by atoms with Crippen molar-refractivity contribution >= 4 is 0 Å². The van der Waals surface area contributed by atoms with Crippen LogP contribution in [0.15, 0.2) is 18.2 Å². The largest absolute Gasteiger partial charge is 0.493 e. The minimum atomic E-state index is -0.498. The van der Waals surface area contributed by atoms with Crippen molar-refractivity contribution in [2.45, 2.75) is 19.4 Å². The molecule has 0 saturated heterocycles. The van der Waals surface area contributed by atoms with E-state index < -0.39 is 6.10 Å². The summed E-state index contributed by atoms with van der Waals surface area (Å²) < 4.78 is 10.6. The van der Waals surface area contributed by atoms with Gasteiger partial charge in [0.05, 0.1) is 7.11 Å². The third-order valence-corrected chi connectivity index (χ3v) is 2.15. The molecule has 86 valence electrons. The van der Waals surface area contributed by atoms with E-state index in [0.717, 1.165) is 12.0 Å². The van der Waals surface area contributed by atoms with Crippen molar-refractivity contribution in [1.82, 2.24) is 0 Å². The number of rotatable bonds is 5. The predicted molar refractivity (Wildman–Crippen MR) is 61.5 cm³/mol. The van der Waals surface area contributed by atoms with Gasteiger partial charge < -0.3 is 15.2 Å². The van der Waals surface area contributed by atoms with Gasteiger partial charge in [0.2, 0.25) is 0 Å². The van der Waals surface area contributed by atoms with Crippen molar-refractivity contribution in [3.8, 4) is 17.6 Å². The lowest BCUT2D eigenvalue weighted by molar-refractivity contribution is 0.260. The Hall–Kier alpha value is -1.73. The van der Waals surface area contributed by atoms with E-state index in [2.05, 4.69) is 0 Å². The molecule has 0 aliphatic carbocycles. The van der Waals surface area contributed by atoms with Crippen LogP contribution in [0.1, 0.15) is 12.5 Å². The molecule has 0 fully saturated rings. The average Bonchev–Trinajstić information content (AvgIpc) is 2.30. The number of methoxy groups -OCH3 is 1. The first-order valence-electron chi connectivity index (χ1n) is 5.14. The van der Waals surface area contributed by atoms with Gasteiger partial charge in [0.1, 0.15) is 6.07 Å². The first kappa shape index (κ1) is 12.3. The Morgan fingerprint density at radius 2 is 2.19 bits per heavy atom. The summed E-state index contributed by atoms with van der Waals surface area (Å²) in [5, 5.41) is 8.70. The highest BCUT2D eigenvalue weighted by Gasteiger charge is 2.09. The molecule has 1 aromatic carbocycles. The van der Waals surface area contributed by atoms with Gasteiger partial charge in [-0.05, 0) is 37.6 Å². The zero-order valence-electron chi connectivity index (χ0n) is 9.56. The van der Waals surface area contributed by atoms with Gasteiger partial charge in [-0.25, -0.2) is 0 Å². The second kappa shape index (κ2) is 5.99. The quantitative estimate of drug-likeness (QED) is 0.816. The summed E-state index contributed by atoms with van der Waals surface area (Å²) in [4.78, 5) is 0. The molecule has 0 spiro atoms. The van der Waals surface area contributed by atoms with Crippen LogP contribution in [0.5, 0.6) is 11.5 Å². The van der Waals surface area contributed by atoms with E-state index in [4.69, 9.17) is 20.5 Å². The third kappa shape index (κ3) is 3.14. The monoisotopic (exact) mass is 220 g/mol. The van der Waals surface area contributed by atoms with Crippen LogP contribution < -0.4 is 15.2 Å². The summed E-state index contributed by atoms with van der Waals surface area (Å²) in [6.45, 7) is 2.27. The molecular weight excluding hydrogens is 204 g/mol. The fraction of sp³-hybridized carbons (Fsp3) is 0.417. The highest BCUT2D eigenvalue weighted by molar-refractivity contribution is 5.43. The molecule has 4 heteroatoms. The minimum absolute atomic E-state index is 0.498. The van der Waals surface area contributed by atoms with Crippen LogP contribution in [0.4, 0.5) is 0 Å².